The maximum Gasteiger partial charge on any atom is 0.416 e. The lowest BCUT2D eigenvalue weighted by Gasteiger charge is -2.36. The summed E-state index contributed by atoms with van der Waals surface area (Å²) in [5, 5.41) is 2.98. The van der Waals surface area contributed by atoms with Gasteiger partial charge >= 0.3 is 6.18 Å². The van der Waals surface area contributed by atoms with Crippen molar-refractivity contribution in [1.82, 2.24) is 14.9 Å². The zero-order valence-electron chi connectivity index (χ0n) is 15.4. The molecule has 2 heterocycles. The van der Waals surface area contributed by atoms with E-state index < -0.39 is 24.3 Å². The molecular weight excluding hydrogens is 390 g/mol. The summed E-state index contributed by atoms with van der Waals surface area (Å²) in [6.07, 6.45) is -1.42. The molecule has 1 aromatic carbocycles. The van der Waals surface area contributed by atoms with Gasteiger partial charge in [-0.1, -0.05) is 6.58 Å². The summed E-state index contributed by atoms with van der Waals surface area (Å²) in [6, 6.07) is 4.61. The van der Waals surface area contributed by atoms with Crippen LogP contribution in [0.1, 0.15) is 5.56 Å². The summed E-state index contributed by atoms with van der Waals surface area (Å²) in [5.74, 6) is 0.499. The highest BCUT2D eigenvalue weighted by atomic mass is 19.4. The van der Waals surface area contributed by atoms with Crippen molar-refractivity contribution in [3.63, 3.8) is 0 Å². The molecule has 0 aliphatic carbocycles. The van der Waals surface area contributed by atoms with Crippen molar-refractivity contribution in [2.45, 2.75) is 6.18 Å². The third-order valence-electron chi connectivity index (χ3n) is 4.48. The average molecular weight is 409 g/mol. The van der Waals surface area contributed by atoms with E-state index in [4.69, 9.17) is 0 Å². The normalized spacial score (nSPS) is 14.6. The Bertz CT molecular complexity index is 877. The highest BCUT2D eigenvalue weighted by molar-refractivity contribution is 5.93. The van der Waals surface area contributed by atoms with Gasteiger partial charge in [-0.05, 0) is 24.3 Å². The third kappa shape index (κ3) is 4.82. The van der Waals surface area contributed by atoms with Crippen LogP contribution < -0.4 is 10.2 Å². The Balaban J connectivity index is 1.70. The van der Waals surface area contributed by atoms with E-state index in [2.05, 4.69) is 21.9 Å². The smallest absolute Gasteiger partial charge is 0.350 e. The fourth-order valence-corrected chi connectivity index (χ4v) is 2.93. The van der Waals surface area contributed by atoms with E-state index in [0.717, 1.165) is 12.1 Å². The second-order valence-corrected chi connectivity index (χ2v) is 6.45. The number of aromatic nitrogens is 2. The first-order valence-corrected chi connectivity index (χ1v) is 8.83. The topological polar surface area (TPSA) is 61.4 Å². The minimum absolute atomic E-state index is 0.0809. The molecule has 6 nitrogen and oxygen atoms in total. The highest BCUT2D eigenvalue weighted by Crippen LogP contribution is 2.31. The average Bonchev–Trinajstić information content (AvgIpc) is 2.73. The summed E-state index contributed by atoms with van der Waals surface area (Å²) in [6.45, 7) is 4.18. The molecule has 0 unspecified atom stereocenters. The molecule has 3 rings (SSSR count). The van der Waals surface area contributed by atoms with Gasteiger partial charge in [0, 0.05) is 49.8 Å². The molecule has 1 aromatic heterocycles. The lowest BCUT2D eigenvalue weighted by Crippen LogP contribution is -2.49. The predicted molar refractivity (Wildman–Crippen MR) is 101 cm³/mol. The Morgan fingerprint density at radius 2 is 1.69 bits per heavy atom. The van der Waals surface area contributed by atoms with Crippen molar-refractivity contribution in [3.05, 3.63) is 54.4 Å². The number of carbonyl (C=O) groups excluding carboxylic acids is 1. The summed E-state index contributed by atoms with van der Waals surface area (Å²) in [5.41, 5.74) is -0.381. The van der Waals surface area contributed by atoms with E-state index in [1.54, 1.807) is 0 Å². The molecule has 2 aromatic rings. The lowest BCUT2D eigenvalue weighted by molar-refractivity contribution is -0.137. The fraction of sp³-hybridized carbons (Fsp3) is 0.316. The van der Waals surface area contributed by atoms with Crippen molar-refractivity contribution < 1.29 is 22.4 Å². The SMILES string of the molecule is C=C(CF)C(=O)N1CCN(c2nccnc2Nc2ccc(C(F)(F)F)cc2)CC1. The predicted octanol–water partition coefficient (Wildman–Crippen LogP) is 3.41. The number of rotatable bonds is 5. The molecule has 1 amide bonds. The molecule has 1 aliphatic rings. The summed E-state index contributed by atoms with van der Waals surface area (Å²) in [4.78, 5) is 24.0. The van der Waals surface area contributed by atoms with Gasteiger partial charge < -0.3 is 15.1 Å². The number of nitrogens with zero attached hydrogens (tertiary/aromatic N) is 4. The summed E-state index contributed by atoms with van der Waals surface area (Å²) >= 11 is 0. The number of hydrogen-bond acceptors (Lipinski definition) is 5. The minimum atomic E-state index is -4.40. The van der Waals surface area contributed by atoms with Crippen LogP contribution >= 0.6 is 0 Å². The van der Waals surface area contributed by atoms with Crippen LogP contribution in [0.2, 0.25) is 0 Å². The number of benzene rings is 1. The zero-order chi connectivity index (χ0) is 21.0. The molecule has 1 aliphatic heterocycles. The van der Waals surface area contributed by atoms with E-state index in [-0.39, 0.29) is 5.57 Å². The minimum Gasteiger partial charge on any atom is -0.350 e. The second kappa shape index (κ2) is 8.46. The largest absolute Gasteiger partial charge is 0.416 e. The molecule has 1 N–H and O–H groups in total. The number of piperazine rings is 1. The number of halogens is 4. The zero-order valence-corrected chi connectivity index (χ0v) is 15.4. The van der Waals surface area contributed by atoms with Crippen LogP contribution in [0.3, 0.4) is 0 Å². The van der Waals surface area contributed by atoms with Gasteiger partial charge in [0.1, 0.15) is 6.67 Å². The van der Waals surface area contributed by atoms with Gasteiger partial charge in [0.25, 0.3) is 5.91 Å². The van der Waals surface area contributed by atoms with Gasteiger partial charge in [-0.15, -0.1) is 0 Å². The first-order valence-electron chi connectivity index (χ1n) is 8.83. The van der Waals surface area contributed by atoms with Gasteiger partial charge in [-0.3, -0.25) is 4.79 Å². The maximum absolute atomic E-state index is 12.7. The first-order chi connectivity index (χ1) is 13.8. The number of nitrogens with one attached hydrogen (secondary N) is 1. The molecule has 0 bridgehead atoms. The molecule has 0 atom stereocenters. The number of anilines is 3. The van der Waals surface area contributed by atoms with Crippen LogP contribution in [0, 0.1) is 0 Å². The van der Waals surface area contributed by atoms with E-state index in [0.29, 0.717) is 43.5 Å². The Kier molecular flexibility index (Phi) is 6.00. The molecule has 1 fully saturated rings. The van der Waals surface area contributed by atoms with E-state index >= 15 is 0 Å². The Morgan fingerprint density at radius 3 is 2.28 bits per heavy atom. The van der Waals surface area contributed by atoms with Crippen LogP contribution in [0.15, 0.2) is 48.8 Å². The summed E-state index contributed by atoms with van der Waals surface area (Å²) < 4.78 is 50.8. The number of hydrogen-bond donors (Lipinski definition) is 1. The van der Waals surface area contributed by atoms with Crippen molar-refractivity contribution in [3.8, 4) is 0 Å². The van der Waals surface area contributed by atoms with Gasteiger partial charge in [0.2, 0.25) is 0 Å². The number of amides is 1. The van der Waals surface area contributed by atoms with Crippen LogP contribution in [0.5, 0.6) is 0 Å². The molecule has 0 saturated carbocycles. The molecule has 154 valence electrons. The molecule has 10 heteroatoms. The fourth-order valence-electron chi connectivity index (χ4n) is 2.93. The van der Waals surface area contributed by atoms with Gasteiger partial charge in [-0.25, -0.2) is 14.4 Å². The van der Waals surface area contributed by atoms with E-state index in [1.165, 1.54) is 29.4 Å². The Morgan fingerprint density at radius 1 is 1.07 bits per heavy atom. The standard InChI is InChI=1S/C19H19F4N5O/c1-13(12-20)18(29)28-10-8-27(9-11-28)17-16(24-6-7-25-17)26-15-4-2-14(3-5-15)19(21,22)23/h2-7H,1,8-12H2,(H,24,26). The van der Waals surface area contributed by atoms with Crippen molar-refractivity contribution in [2.24, 2.45) is 0 Å². The number of carbonyl (C=O) groups is 1. The van der Waals surface area contributed by atoms with Gasteiger partial charge in [-0.2, -0.15) is 13.2 Å². The lowest BCUT2D eigenvalue weighted by atomic mass is 10.2. The molecule has 1 saturated heterocycles. The highest BCUT2D eigenvalue weighted by Gasteiger charge is 2.30. The molecule has 0 radical (unpaired) electrons. The van der Waals surface area contributed by atoms with E-state index in [1.807, 2.05) is 4.90 Å². The van der Waals surface area contributed by atoms with Crippen molar-refractivity contribution >= 4 is 23.2 Å². The van der Waals surface area contributed by atoms with Gasteiger partial charge in [0.05, 0.1) is 5.56 Å². The molecule has 0 spiro atoms. The molecular formula is C19H19F4N5O. The maximum atomic E-state index is 12.7. The second-order valence-electron chi connectivity index (χ2n) is 6.45. The van der Waals surface area contributed by atoms with Crippen LogP contribution in [0.4, 0.5) is 34.9 Å². The van der Waals surface area contributed by atoms with Crippen LogP contribution in [-0.4, -0.2) is 53.6 Å². The third-order valence-corrected chi connectivity index (χ3v) is 4.48. The Labute approximate surface area is 164 Å². The first kappa shape index (κ1) is 20.6. The summed E-state index contributed by atoms with van der Waals surface area (Å²) in [7, 11) is 0. The Hall–Kier alpha value is -3.17. The van der Waals surface area contributed by atoms with Crippen molar-refractivity contribution in [1.29, 1.82) is 0 Å². The van der Waals surface area contributed by atoms with Crippen LogP contribution in [-0.2, 0) is 11.0 Å². The van der Waals surface area contributed by atoms with Crippen molar-refractivity contribution in [2.75, 3.05) is 43.1 Å². The monoisotopic (exact) mass is 409 g/mol. The van der Waals surface area contributed by atoms with Crippen LogP contribution in [0.25, 0.3) is 0 Å². The van der Waals surface area contributed by atoms with E-state index in [9.17, 15) is 22.4 Å². The molecule has 29 heavy (non-hydrogen) atoms. The quantitative estimate of drug-likeness (QED) is 0.606. The van der Waals surface area contributed by atoms with Gasteiger partial charge in [0.15, 0.2) is 11.6 Å². The number of alkyl halides is 4.